The van der Waals surface area contributed by atoms with Crippen LogP contribution in [0.1, 0.15) is 18.5 Å². The van der Waals surface area contributed by atoms with Crippen molar-refractivity contribution in [2.45, 2.75) is 19.5 Å². The molecule has 1 atom stereocenters. The monoisotopic (exact) mass is 230 g/mol. The first kappa shape index (κ1) is 11.3. The first-order valence-corrected chi connectivity index (χ1v) is 5.42. The highest BCUT2D eigenvalue weighted by Crippen LogP contribution is 2.10. The van der Waals surface area contributed by atoms with Crippen LogP contribution in [0.2, 0.25) is 0 Å². The van der Waals surface area contributed by atoms with Crippen molar-refractivity contribution >= 4 is 5.91 Å². The van der Waals surface area contributed by atoms with E-state index in [9.17, 15) is 4.79 Å². The Bertz CT molecular complexity index is 467. The maximum Gasteiger partial charge on any atom is 0.242 e. The third kappa shape index (κ3) is 3.14. The SMILES string of the molecule is C[C@@H](NC(=O)Cn1cncn1)c1ccccc1. The van der Waals surface area contributed by atoms with E-state index in [0.717, 1.165) is 5.56 Å². The van der Waals surface area contributed by atoms with Crippen molar-refractivity contribution in [3.63, 3.8) is 0 Å². The highest BCUT2D eigenvalue weighted by Gasteiger charge is 2.09. The lowest BCUT2D eigenvalue weighted by molar-refractivity contribution is -0.122. The summed E-state index contributed by atoms with van der Waals surface area (Å²) in [5.74, 6) is -0.0770. The summed E-state index contributed by atoms with van der Waals surface area (Å²) in [6.07, 6.45) is 2.93. The van der Waals surface area contributed by atoms with Crippen LogP contribution in [-0.2, 0) is 11.3 Å². The topological polar surface area (TPSA) is 59.8 Å². The minimum Gasteiger partial charge on any atom is -0.348 e. The normalized spacial score (nSPS) is 12.1. The molecule has 0 spiro atoms. The Morgan fingerprint density at radius 1 is 1.41 bits per heavy atom. The van der Waals surface area contributed by atoms with E-state index in [2.05, 4.69) is 15.4 Å². The van der Waals surface area contributed by atoms with E-state index in [1.165, 1.54) is 17.3 Å². The third-order valence-electron chi connectivity index (χ3n) is 2.45. The van der Waals surface area contributed by atoms with E-state index in [4.69, 9.17) is 0 Å². The Hall–Kier alpha value is -2.17. The first-order chi connectivity index (χ1) is 8.25. The molecule has 0 aliphatic carbocycles. The van der Waals surface area contributed by atoms with Gasteiger partial charge in [0.2, 0.25) is 5.91 Å². The lowest BCUT2D eigenvalue weighted by Crippen LogP contribution is -2.30. The van der Waals surface area contributed by atoms with Gasteiger partial charge < -0.3 is 5.32 Å². The molecule has 1 aromatic carbocycles. The highest BCUT2D eigenvalue weighted by molar-refractivity contribution is 5.76. The number of amides is 1. The maximum atomic E-state index is 11.7. The fraction of sp³-hybridized carbons (Fsp3) is 0.250. The van der Waals surface area contributed by atoms with Gasteiger partial charge in [-0.25, -0.2) is 9.67 Å². The second-order valence-electron chi connectivity index (χ2n) is 3.79. The number of rotatable bonds is 4. The van der Waals surface area contributed by atoms with Crippen LogP contribution in [0.3, 0.4) is 0 Å². The Morgan fingerprint density at radius 2 is 2.18 bits per heavy atom. The van der Waals surface area contributed by atoms with Crippen LogP contribution in [0.15, 0.2) is 43.0 Å². The molecular weight excluding hydrogens is 216 g/mol. The number of hydrogen-bond acceptors (Lipinski definition) is 3. The van der Waals surface area contributed by atoms with Gasteiger partial charge in [-0.3, -0.25) is 4.79 Å². The van der Waals surface area contributed by atoms with Crippen molar-refractivity contribution in [3.8, 4) is 0 Å². The van der Waals surface area contributed by atoms with Crippen LogP contribution >= 0.6 is 0 Å². The van der Waals surface area contributed by atoms with Crippen molar-refractivity contribution in [2.24, 2.45) is 0 Å². The van der Waals surface area contributed by atoms with Gasteiger partial charge in [0.25, 0.3) is 0 Å². The second-order valence-corrected chi connectivity index (χ2v) is 3.79. The molecule has 0 unspecified atom stereocenters. The zero-order chi connectivity index (χ0) is 12.1. The molecule has 0 radical (unpaired) electrons. The smallest absolute Gasteiger partial charge is 0.242 e. The summed E-state index contributed by atoms with van der Waals surface area (Å²) in [5.41, 5.74) is 1.08. The summed E-state index contributed by atoms with van der Waals surface area (Å²) in [6, 6.07) is 9.83. The average Bonchev–Trinajstić information content (AvgIpc) is 2.82. The van der Waals surface area contributed by atoms with Crippen LogP contribution in [-0.4, -0.2) is 20.7 Å². The van der Waals surface area contributed by atoms with E-state index in [1.54, 1.807) is 0 Å². The Morgan fingerprint density at radius 3 is 2.82 bits per heavy atom. The first-order valence-electron chi connectivity index (χ1n) is 5.42. The summed E-state index contributed by atoms with van der Waals surface area (Å²) in [6.45, 7) is 2.14. The number of carbonyl (C=O) groups is 1. The maximum absolute atomic E-state index is 11.7. The van der Waals surface area contributed by atoms with Gasteiger partial charge in [-0.1, -0.05) is 30.3 Å². The number of nitrogens with one attached hydrogen (secondary N) is 1. The number of aromatic nitrogens is 3. The summed E-state index contributed by atoms with van der Waals surface area (Å²) in [4.78, 5) is 15.5. The molecule has 1 N–H and O–H groups in total. The molecule has 2 rings (SSSR count). The van der Waals surface area contributed by atoms with Gasteiger partial charge >= 0.3 is 0 Å². The molecule has 0 aliphatic rings. The quantitative estimate of drug-likeness (QED) is 0.857. The van der Waals surface area contributed by atoms with E-state index in [0.29, 0.717) is 0 Å². The third-order valence-corrected chi connectivity index (χ3v) is 2.45. The van der Waals surface area contributed by atoms with Gasteiger partial charge in [0.05, 0.1) is 6.04 Å². The van der Waals surface area contributed by atoms with E-state index in [1.807, 2.05) is 37.3 Å². The summed E-state index contributed by atoms with van der Waals surface area (Å²) >= 11 is 0. The molecule has 1 amide bonds. The zero-order valence-electron chi connectivity index (χ0n) is 9.58. The molecule has 0 aliphatic heterocycles. The van der Waals surface area contributed by atoms with Gasteiger partial charge in [-0.05, 0) is 12.5 Å². The number of benzene rings is 1. The van der Waals surface area contributed by atoms with Crippen LogP contribution in [0.4, 0.5) is 0 Å². The van der Waals surface area contributed by atoms with Crippen molar-refractivity contribution in [1.82, 2.24) is 20.1 Å². The van der Waals surface area contributed by atoms with Gasteiger partial charge in [0, 0.05) is 0 Å². The molecule has 0 saturated heterocycles. The van der Waals surface area contributed by atoms with Crippen LogP contribution in [0, 0.1) is 0 Å². The predicted molar refractivity (Wildman–Crippen MR) is 63.0 cm³/mol. The highest BCUT2D eigenvalue weighted by atomic mass is 16.2. The molecule has 2 aromatic rings. The minimum absolute atomic E-state index is 0.00720. The number of hydrogen-bond donors (Lipinski definition) is 1. The average molecular weight is 230 g/mol. The zero-order valence-corrected chi connectivity index (χ0v) is 9.58. The van der Waals surface area contributed by atoms with Crippen LogP contribution in [0.5, 0.6) is 0 Å². The predicted octanol–water partition coefficient (Wildman–Crippen LogP) is 1.16. The van der Waals surface area contributed by atoms with Crippen molar-refractivity contribution in [1.29, 1.82) is 0 Å². The van der Waals surface area contributed by atoms with Gasteiger partial charge in [0.15, 0.2) is 0 Å². The molecule has 1 aromatic heterocycles. The van der Waals surface area contributed by atoms with Crippen LogP contribution in [0.25, 0.3) is 0 Å². The lowest BCUT2D eigenvalue weighted by Gasteiger charge is -2.13. The fourth-order valence-corrected chi connectivity index (χ4v) is 1.57. The molecule has 88 valence electrons. The van der Waals surface area contributed by atoms with Crippen molar-refractivity contribution < 1.29 is 4.79 Å². The Balaban J connectivity index is 1.91. The largest absolute Gasteiger partial charge is 0.348 e. The number of nitrogens with zero attached hydrogens (tertiary/aromatic N) is 3. The molecular formula is C12H14N4O. The lowest BCUT2D eigenvalue weighted by atomic mass is 10.1. The second kappa shape index (κ2) is 5.25. The molecule has 0 fully saturated rings. The summed E-state index contributed by atoms with van der Waals surface area (Å²) < 4.78 is 1.49. The van der Waals surface area contributed by atoms with Gasteiger partial charge in [-0.15, -0.1) is 0 Å². The standard InChI is InChI=1S/C12H14N4O/c1-10(11-5-3-2-4-6-11)15-12(17)7-16-9-13-8-14-16/h2-6,8-10H,7H2,1H3,(H,15,17)/t10-/m1/s1. The van der Waals surface area contributed by atoms with Gasteiger partial charge in [-0.2, -0.15) is 5.10 Å². The van der Waals surface area contributed by atoms with Gasteiger partial charge in [0.1, 0.15) is 19.2 Å². The molecule has 5 nitrogen and oxygen atoms in total. The molecule has 0 bridgehead atoms. The van der Waals surface area contributed by atoms with Crippen molar-refractivity contribution in [3.05, 3.63) is 48.5 Å². The fourth-order valence-electron chi connectivity index (χ4n) is 1.57. The van der Waals surface area contributed by atoms with E-state index >= 15 is 0 Å². The summed E-state index contributed by atoms with van der Waals surface area (Å²) in [7, 11) is 0. The Kier molecular flexibility index (Phi) is 3.49. The molecule has 0 saturated carbocycles. The molecule has 5 heteroatoms. The molecule has 17 heavy (non-hydrogen) atoms. The van der Waals surface area contributed by atoms with E-state index in [-0.39, 0.29) is 18.5 Å². The summed E-state index contributed by atoms with van der Waals surface area (Å²) in [5, 5.41) is 6.79. The van der Waals surface area contributed by atoms with Crippen LogP contribution < -0.4 is 5.32 Å². The Labute approximate surface area is 99.5 Å². The van der Waals surface area contributed by atoms with Crippen molar-refractivity contribution in [2.75, 3.05) is 0 Å². The van der Waals surface area contributed by atoms with E-state index < -0.39 is 0 Å². The number of carbonyl (C=O) groups excluding carboxylic acids is 1. The minimum atomic E-state index is -0.0770. The molecule has 1 heterocycles.